The average molecular weight is 443 g/mol. The van der Waals surface area contributed by atoms with Crippen LogP contribution in [0.4, 0.5) is 5.69 Å². The van der Waals surface area contributed by atoms with Crippen LogP contribution in [0.5, 0.6) is 0 Å². The van der Waals surface area contributed by atoms with Crippen molar-refractivity contribution in [1.82, 2.24) is 5.32 Å². The van der Waals surface area contributed by atoms with Gasteiger partial charge >= 0.3 is 0 Å². The van der Waals surface area contributed by atoms with Gasteiger partial charge in [0.05, 0.1) is 23.0 Å². The van der Waals surface area contributed by atoms with Crippen molar-refractivity contribution in [2.75, 3.05) is 11.4 Å². The number of rotatable bonds is 7. The molecule has 0 heterocycles. The predicted octanol–water partition coefficient (Wildman–Crippen LogP) is 4.59. The average Bonchev–Trinajstić information content (AvgIpc) is 2.74. The molecular weight excluding hydrogens is 420 g/mol. The summed E-state index contributed by atoms with van der Waals surface area (Å²) in [4.78, 5) is 12.6. The lowest BCUT2D eigenvalue weighted by atomic mass is 10.1. The minimum absolute atomic E-state index is 0.115. The largest absolute Gasteiger partial charge is 0.349 e. The molecule has 7 heteroatoms. The van der Waals surface area contributed by atoms with Gasteiger partial charge in [0.15, 0.2) is 0 Å². The van der Waals surface area contributed by atoms with Crippen molar-refractivity contribution < 1.29 is 13.2 Å². The van der Waals surface area contributed by atoms with E-state index in [1.165, 1.54) is 11.4 Å². The summed E-state index contributed by atoms with van der Waals surface area (Å²) in [6, 6.07) is 22.4. The second-order valence-corrected chi connectivity index (χ2v) is 9.38. The number of halogens is 1. The van der Waals surface area contributed by atoms with E-state index >= 15 is 0 Å². The monoisotopic (exact) mass is 442 g/mol. The number of anilines is 1. The fourth-order valence-corrected chi connectivity index (χ4v) is 4.37. The van der Waals surface area contributed by atoms with Crippen LogP contribution >= 0.6 is 11.6 Å². The van der Waals surface area contributed by atoms with Gasteiger partial charge in [0.1, 0.15) is 0 Å². The number of benzene rings is 3. The van der Waals surface area contributed by atoms with Crippen molar-refractivity contribution in [1.29, 1.82) is 0 Å². The zero-order valence-corrected chi connectivity index (χ0v) is 18.3. The number of sulfonamides is 1. The lowest BCUT2D eigenvalue weighted by Crippen LogP contribution is -2.28. The van der Waals surface area contributed by atoms with Crippen molar-refractivity contribution in [3.8, 4) is 0 Å². The van der Waals surface area contributed by atoms with E-state index in [-0.39, 0.29) is 23.3 Å². The summed E-state index contributed by atoms with van der Waals surface area (Å²) in [5, 5.41) is 3.61. The molecule has 1 atom stereocenters. The fraction of sp³-hybridized carbons (Fsp3) is 0.174. The van der Waals surface area contributed by atoms with Crippen LogP contribution in [0.1, 0.15) is 24.1 Å². The first kappa shape index (κ1) is 21.9. The van der Waals surface area contributed by atoms with Crippen LogP contribution < -0.4 is 9.62 Å². The third-order valence-corrected chi connectivity index (χ3v) is 6.87. The SMILES string of the molecule is C[C@@H](NC(=O)Cc1ccc(N(C)S(=O)(=O)c2ccccc2)cc1)c1ccc(Cl)cc1. The zero-order chi connectivity index (χ0) is 21.7. The molecule has 156 valence electrons. The van der Waals surface area contributed by atoms with Crippen LogP contribution in [0, 0.1) is 0 Å². The number of hydrogen-bond donors (Lipinski definition) is 1. The van der Waals surface area contributed by atoms with E-state index in [0.29, 0.717) is 10.7 Å². The van der Waals surface area contributed by atoms with Gasteiger partial charge < -0.3 is 5.32 Å². The summed E-state index contributed by atoms with van der Waals surface area (Å²) < 4.78 is 26.7. The van der Waals surface area contributed by atoms with Gasteiger partial charge in [0.2, 0.25) is 5.91 Å². The molecule has 0 saturated heterocycles. The predicted molar refractivity (Wildman–Crippen MR) is 120 cm³/mol. The highest BCUT2D eigenvalue weighted by molar-refractivity contribution is 7.92. The minimum atomic E-state index is -3.63. The first-order valence-corrected chi connectivity index (χ1v) is 11.3. The first-order chi connectivity index (χ1) is 14.3. The van der Waals surface area contributed by atoms with Crippen molar-refractivity contribution in [2.45, 2.75) is 24.3 Å². The Bertz CT molecular complexity index is 1100. The summed E-state index contributed by atoms with van der Waals surface area (Å²) >= 11 is 5.90. The van der Waals surface area contributed by atoms with Gasteiger partial charge in [-0.2, -0.15) is 0 Å². The molecule has 0 bridgehead atoms. The molecule has 0 aliphatic carbocycles. The molecule has 3 aromatic carbocycles. The lowest BCUT2D eigenvalue weighted by Gasteiger charge is -2.20. The topological polar surface area (TPSA) is 66.5 Å². The van der Waals surface area contributed by atoms with Gasteiger partial charge in [0, 0.05) is 12.1 Å². The summed E-state index contributed by atoms with van der Waals surface area (Å²) in [5.41, 5.74) is 2.29. The standard InChI is InChI=1S/C23H23ClN2O3S/c1-17(19-10-12-20(24)13-11-19)25-23(27)16-18-8-14-21(15-9-18)26(2)30(28,29)22-6-4-3-5-7-22/h3-15,17H,16H2,1-2H3,(H,25,27)/t17-/m1/s1. The second-order valence-electron chi connectivity index (χ2n) is 6.97. The van der Waals surface area contributed by atoms with Crippen LogP contribution in [0.15, 0.2) is 83.8 Å². The lowest BCUT2D eigenvalue weighted by molar-refractivity contribution is -0.121. The first-order valence-electron chi connectivity index (χ1n) is 9.45. The fourth-order valence-electron chi connectivity index (χ4n) is 3.03. The molecule has 0 spiro atoms. The zero-order valence-electron chi connectivity index (χ0n) is 16.7. The number of amides is 1. The van der Waals surface area contributed by atoms with Crippen LogP contribution in [-0.4, -0.2) is 21.4 Å². The van der Waals surface area contributed by atoms with E-state index in [2.05, 4.69) is 5.32 Å². The Morgan fingerprint density at radius 1 is 0.967 bits per heavy atom. The van der Waals surface area contributed by atoms with E-state index in [1.807, 2.05) is 19.1 Å². The molecule has 0 fully saturated rings. The number of carbonyl (C=O) groups is 1. The van der Waals surface area contributed by atoms with Crippen LogP contribution in [0.3, 0.4) is 0 Å². The molecule has 0 saturated carbocycles. The highest BCUT2D eigenvalue weighted by Crippen LogP contribution is 2.22. The number of nitrogens with zero attached hydrogens (tertiary/aromatic N) is 1. The molecule has 5 nitrogen and oxygen atoms in total. The smallest absolute Gasteiger partial charge is 0.264 e. The Morgan fingerprint density at radius 3 is 2.17 bits per heavy atom. The molecule has 30 heavy (non-hydrogen) atoms. The number of carbonyl (C=O) groups excluding carboxylic acids is 1. The Labute approximate surface area is 182 Å². The van der Waals surface area contributed by atoms with Crippen molar-refractivity contribution >= 4 is 33.2 Å². The second kappa shape index (κ2) is 9.32. The van der Waals surface area contributed by atoms with Gasteiger partial charge in [-0.1, -0.05) is 54.1 Å². The minimum Gasteiger partial charge on any atom is -0.349 e. The molecular formula is C23H23ClN2O3S. The molecule has 0 aliphatic rings. The Morgan fingerprint density at radius 2 is 1.57 bits per heavy atom. The van der Waals surface area contributed by atoms with Gasteiger partial charge in [0.25, 0.3) is 10.0 Å². The summed E-state index contributed by atoms with van der Waals surface area (Å²) in [6.07, 6.45) is 0.202. The van der Waals surface area contributed by atoms with Crippen LogP contribution in [0.25, 0.3) is 0 Å². The molecule has 0 aliphatic heterocycles. The Hall–Kier alpha value is -2.83. The van der Waals surface area contributed by atoms with Crippen LogP contribution in [-0.2, 0) is 21.2 Å². The number of nitrogens with one attached hydrogen (secondary N) is 1. The van der Waals surface area contributed by atoms with Crippen molar-refractivity contribution in [3.63, 3.8) is 0 Å². The van der Waals surface area contributed by atoms with E-state index in [4.69, 9.17) is 11.6 Å². The van der Waals surface area contributed by atoms with Gasteiger partial charge in [-0.05, 0) is 54.4 Å². The summed E-state index contributed by atoms with van der Waals surface area (Å²) in [7, 11) is -2.12. The van der Waals surface area contributed by atoms with E-state index < -0.39 is 10.0 Å². The summed E-state index contributed by atoms with van der Waals surface area (Å²) in [6.45, 7) is 1.91. The van der Waals surface area contributed by atoms with E-state index in [0.717, 1.165) is 11.1 Å². The molecule has 0 unspecified atom stereocenters. The molecule has 0 aromatic heterocycles. The summed E-state index contributed by atoms with van der Waals surface area (Å²) in [5.74, 6) is -0.115. The van der Waals surface area contributed by atoms with Crippen LogP contribution in [0.2, 0.25) is 5.02 Å². The maximum atomic E-state index is 12.7. The van der Waals surface area contributed by atoms with E-state index in [9.17, 15) is 13.2 Å². The maximum absolute atomic E-state index is 12.7. The number of hydrogen-bond acceptors (Lipinski definition) is 3. The maximum Gasteiger partial charge on any atom is 0.264 e. The third-order valence-electron chi connectivity index (χ3n) is 4.81. The molecule has 1 N–H and O–H groups in total. The van der Waals surface area contributed by atoms with Gasteiger partial charge in [-0.3, -0.25) is 9.10 Å². The quantitative estimate of drug-likeness (QED) is 0.582. The Kier molecular flexibility index (Phi) is 6.80. The molecule has 0 radical (unpaired) electrons. The molecule has 3 aromatic rings. The normalized spacial score (nSPS) is 12.2. The van der Waals surface area contributed by atoms with Gasteiger partial charge in [-0.25, -0.2) is 8.42 Å². The molecule has 3 rings (SSSR count). The van der Waals surface area contributed by atoms with E-state index in [1.54, 1.807) is 66.7 Å². The highest BCUT2D eigenvalue weighted by Gasteiger charge is 2.21. The third kappa shape index (κ3) is 5.20. The van der Waals surface area contributed by atoms with Crippen molar-refractivity contribution in [2.24, 2.45) is 0 Å². The molecule has 1 amide bonds. The highest BCUT2D eigenvalue weighted by atomic mass is 35.5. The van der Waals surface area contributed by atoms with Crippen molar-refractivity contribution in [3.05, 3.63) is 95.0 Å². The van der Waals surface area contributed by atoms with Gasteiger partial charge in [-0.15, -0.1) is 0 Å². The Balaban J connectivity index is 1.64.